The quantitative estimate of drug-likeness (QED) is 0.720. The second kappa shape index (κ2) is 6.04. The summed E-state index contributed by atoms with van der Waals surface area (Å²) in [5.41, 5.74) is 2.95. The van der Waals surface area contributed by atoms with E-state index in [1.807, 2.05) is 48.0 Å². The second-order valence-corrected chi connectivity index (χ2v) is 5.73. The van der Waals surface area contributed by atoms with Crippen molar-refractivity contribution in [2.24, 2.45) is 7.05 Å². The number of aromatic nitrogens is 6. The van der Waals surface area contributed by atoms with Gasteiger partial charge in [-0.15, -0.1) is 0 Å². The van der Waals surface area contributed by atoms with Crippen molar-refractivity contribution in [3.63, 3.8) is 0 Å². The first-order valence-corrected chi connectivity index (χ1v) is 7.91. The molecule has 0 spiro atoms. The SMILES string of the molecule is Cc1c(-n2ccnc2-c2cnc(N3CCOCC3)nc2)cnn1C. The van der Waals surface area contributed by atoms with Gasteiger partial charge in [0, 0.05) is 44.9 Å². The highest BCUT2D eigenvalue weighted by Gasteiger charge is 2.16. The van der Waals surface area contributed by atoms with Crippen molar-refractivity contribution in [3.8, 4) is 17.1 Å². The largest absolute Gasteiger partial charge is 0.378 e. The van der Waals surface area contributed by atoms with E-state index in [-0.39, 0.29) is 0 Å². The van der Waals surface area contributed by atoms with Crippen LogP contribution in [0.3, 0.4) is 0 Å². The highest BCUT2D eigenvalue weighted by atomic mass is 16.5. The molecule has 1 aliphatic rings. The molecule has 0 atom stereocenters. The van der Waals surface area contributed by atoms with E-state index in [1.165, 1.54) is 0 Å². The van der Waals surface area contributed by atoms with Gasteiger partial charge in [-0.2, -0.15) is 5.10 Å². The van der Waals surface area contributed by atoms with Crippen LogP contribution in [-0.2, 0) is 11.8 Å². The maximum absolute atomic E-state index is 5.36. The average molecular weight is 325 g/mol. The molecule has 0 aromatic carbocycles. The van der Waals surface area contributed by atoms with Gasteiger partial charge in [0.2, 0.25) is 5.95 Å². The van der Waals surface area contributed by atoms with Gasteiger partial charge in [-0.1, -0.05) is 0 Å². The predicted molar refractivity (Wildman–Crippen MR) is 89.1 cm³/mol. The van der Waals surface area contributed by atoms with E-state index in [9.17, 15) is 0 Å². The Bertz CT molecular complexity index is 830. The van der Waals surface area contributed by atoms with Crippen LogP contribution in [-0.4, -0.2) is 55.6 Å². The molecule has 0 N–H and O–H groups in total. The lowest BCUT2D eigenvalue weighted by Gasteiger charge is -2.26. The van der Waals surface area contributed by atoms with Crippen LogP contribution in [0.15, 0.2) is 31.0 Å². The molecule has 3 aromatic heterocycles. The molecule has 1 aliphatic heterocycles. The Kier molecular flexibility index (Phi) is 3.73. The Labute approximate surface area is 139 Å². The molecule has 0 amide bonds. The summed E-state index contributed by atoms with van der Waals surface area (Å²) < 4.78 is 9.22. The minimum Gasteiger partial charge on any atom is -0.378 e. The van der Waals surface area contributed by atoms with Crippen molar-refractivity contribution in [1.29, 1.82) is 0 Å². The van der Waals surface area contributed by atoms with Crippen molar-refractivity contribution in [3.05, 3.63) is 36.7 Å². The van der Waals surface area contributed by atoms with Gasteiger partial charge in [-0.3, -0.25) is 9.25 Å². The summed E-state index contributed by atoms with van der Waals surface area (Å²) in [5.74, 6) is 1.54. The van der Waals surface area contributed by atoms with Crippen LogP contribution < -0.4 is 4.90 Å². The fourth-order valence-corrected chi connectivity index (χ4v) is 2.80. The third-order valence-corrected chi connectivity index (χ3v) is 4.30. The molecule has 1 saturated heterocycles. The Balaban J connectivity index is 1.65. The monoisotopic (exact) mass is 325 g/mol. The van der Waals surface area contributed by atoms with Gasteiger partial charge in [0.05, 0.1) is 36.4 Å². The number of nitrogens with zero attached hydrogens (tertiary/aromatic N) is 7. The normalized spacial score (nSPS) is 15.0. The van der Waals surface area contributed by atoms with Gasteiger partial charge in [0.15, 0.2) is 0 Å². The van der Waals surface area contributed by atoms with Gasteiger partial charge < -0.3 is 9.64 Å². The van der Waals surface area contributed by atoms with Crippen molar-refractivity contribution in [2.45, 2.75) is 6.92 Å². The van der Waals surface area contributed by atoms with E-state index in [1.54, 1.807) is 6.20 Å². The lowest BCUT2D eigenvalue weighted by Crippen LogP contribution is -2.37. The fraction of sp³-hybridized carbons (Fsp3) is 0.375. The summed E-state index contributed by atoms with van der Waals surface area (Å²) in [6.07, 6.45) is 9.18. The molecule has 8 heteroatoms. The standard InChI is InChI=1S/C16H19N7O/c1-12-14(11-20-21(12)2)23-4-3-17-15(23)13-9-18-16(19-10-13)22-5-7-24-8-6-22/h3-4,9-11H,5-8H2,1-2H3. The number of aryl methyl sites for hydroxylation is 1. The van der Waals surface area contributed by atoms with E-state index in [2.05, 4.69) is 25.0 Å². The molecule has 0 saturated carbocycles. The fourth-order valence-electron chi connectivity index (χ4n) is 2.80. The van der Waals surface area contributed by atoms with Crippen molar-refractivity contribution < 1.29 is 4.74 Å². The van der Waals surface area contributed by atoms with Crippen molar-refractivity contribution >= 4 is 5.95 Å². The molecule has 0 bridgehead atoms. The molecular weight excluding hydrogens is 306 g/mol. The van der Waals surface area contributed by atoms with E-state index in [0.717, 1.165) is 55.0 Å². The molecule has 3 aromatic rings. The second-order valence-electron chi connectivity index (χ2n) is 5.73. The number of imidazole rings is 1. The summed E-state index contributed by atoms with van der Waals surface area (Å²) in [5, 5.41) is 4.30. The van der Waals surface area contributed by atoms with Crippen molar-refractivity contribution in [1.82, 2.24) is 29.3 Å². The van der Waals surface area contributed by atoms with Crippen LogP contribution in [0.2, 0.25) is 0 Å². The molecule has 0 unspecified atom stereocenters. The topological polar surface area (TPSA) is 73.9 Å². The Hall–Kier alpha value is -2.74. The average Bonchev–Trinajstić information content (AvgIpc) is 3.23. The van der Waals surface area contributed by atoms with E-state index >= 15 is 0 Å². The molecule has 8 nitrogen and oxygen atoms in total. The van der Waals surface area contributed by atoms with Gasteiger partial charge in [-0.05, 0) is 6.92 Å². The maximum Gasteiger partial charge on any atom is 0.225 e. The van der Waals surface area contributed by atoms with E-state index in [4.69, 9.17) is 4.74 Å². The number of ether oxygens (including phenoxy) is 1. The minimum atomic E-state index is 0.718. The number of hydrogen-bond acceptors (Lipinski definition) is 6. The van der Waals surface area contributed by atoms with Gasteiger partial charge >= 0.3 is 0 Å². The van der Waals surface area contributed by atoms with Gasteiger partial charge in [-0.25, -0.2) is 15.0 Å². The maximum atomic E-state index is 5.36. The van der Waals surface area contributed by atoms with Gasteiger partial charge in [0.25, 0.3) is 0 Å². The summed E-state index contributed by atoms with van der Waals surface area (Å²) >= 11 is 0. The summed E-state index contributed by atoms with van der Waals surface area (Å²) in [6.45, 7) is 5.11. The lowest BCUT2D eigenvalue weighted by atomic mass is 10.3. The zero-order valence-corrected chi connectivity index (χ0v) is 13.8. The minimum absolute atomic E-state index is 0.718. The summed E-state index contributed by atoms with van der Waals surface area (Å²) in [4.78, 5) is 15.6. The molecular formula is C16H19N7O. The van der Waals surface area contributed by atoms with Crippen LogP contribution in [0, 0.1) is 6.92 Å². The zero-order valence-electron chi connectivity index (χ0n) is 13.8. The van der Waals surface area contributed by atoms with Crippen LogP contribution in [0.5, 0.6) is 0 Å². The third-order valence-electron chi connectivity index (χ3n) is 4.30. The highest BCUT2D eigenvalue weighted by molar-refractivity contribution is 5.58. The Morgan fingerprint density at radius 1 is 1.04 bits per heavy atom. The first-order valence-electron chi connectivity index (χ1n) is 7.91. The number of anilines is 1. The van der Waals surface area contributed by atoms with Crippen LogP contribution >= 0.6 is 0 Å². The predicted octanol–water partition coefficient (Wildman–Crippen LogP) is 1.21. The summed E-state index contributed by atoms with van der Waals surface area (Å²) in [7, 11) is 1.93. The molecule has 4 heterocycles. The molecule has 0 aliphatic carbocycles. The zero-order chi connectivity index (χ0) is 16.5. The lowest BCUT2D eigenvalue weighted by molar-refractivity contribution is 0.122. The molecule has 124 valence electrons. The smallest absolute Gasteiger partial charge is 0.225 e. The number of rotatable bonds is 3. The first-order chi connectivity index (χ1) is 11.7. The number of morpholine rings is 1. The van der Waals surface area contributed by atoms with Gasteiger partial charge in [0.1, 0.15) is 5.82 Å². The van der Waals surface area contributed by atoms with E-state index < -0.39 is 0 Å². The highest BCUT2D eigenvalue weighted by Crippen LogP contribution is 2.23. The Morgan fingerprint density at radius 3 is 2.46 bits per heavy atom. The molecule has 24 heavy (non-hydrogen) atoms. The molecule has 4 rings (SSSR count). The third kappa shape index (κ3) is 2.54. The molecule has 0 radical (unpaired) electrons. The number of hydrogen-bond donors (Lipinski definition) is 0. The first kappa shape index (κ1) is 14.8. The van der Waals surface area contributed by atoms with Crippen LogP contribution in [0.25, 0.3) is 17.1 Å². The van der Waals surface area contributed by atoms with Crippen LogP contribution in [0.1, 0.15) is 5.69 Å². The Morgan fingerprint density at radius 2 is 1.79 bits per heavy atom. The van der Waals surface area contributed by atoms with Crippen LogP contribution in [0.4, 0.5) is 5.95 Å². The van der Waals surface area contributed by atoms with E-state index in [0.29, 0.717) is 0 Å². The summed E-state index contributed by atoms with van der Waals surface area (Å²) in [6, 6.07) is 0. The molecule has 1 fully saturated rings. The van der Waals surface area contributed by atoms with Crippen molar-refractivity contribution in [2.75, 3.05) is 31.2 Å².